The number of nitrogens with zero attached hydrogens (tertiary/aromatic N) is 2. The summed E-state index contributed by atoms with van der Waals surface area (Å²) >= 11 is 0. The Bertz CT molecular complexity index is 3470. The second kappa shape index (κ2) is 12.2. The van der Waals surface area contributed by atoms with Crippen LogP contribution in [0.2, 0.25) is 0 Å². The number of fused-ring (bicyclic) bond motifs is 14. The molecule has 0 saturated heterocycles. The predicted octanol–water partition coefficient (Wildman–Crippen LogP) is 14.4. The average Bonchev–Trinajstić information content (AvgIpc) is 3.78. The van der Waals surface area contributed by atoms with Crippen molar-refractivity contribution in [1.82, 2.24) is 9.97 Å². The van der Waals surface area contributed by atoms with Crippen LogP contribution in [0.4, 0.5) is 0 Å². The van der Waals surface area contributed by atoms with Crippen LogP contribution in [0, 0.1) is 0 Å². The summed E-state index contributed by atoms with van der Waals surface area (Å²) in [7, 11) is 0. The van der Waals surface area contributed by atoms with Gasteiger partial charge in [-0.2, -0.15) is 0 Å². The third-order valence-corrected chi connectivity index (χ3v) is 13.1. The van der Waals surface area contributed by atoms with Gasteiger partial charge in [0.1, 0.15) is 0 Å². The lowest BCUT2D eigenvalue weighted by Gasteiger charge is -2.30. The van der Waals surface area contributed by atoms with E-state index in [4.69, 9.17) is 9.97 Å². The second-order valence-corrected chi connectivity index (χ2v) is 15.9. The van der Waals surface area contributed by atoms with Gasteiger partial charge >= 0.3 is 0 Å². The molecule has 1 aromatic heterocycles. The molecular formula is C57H34N2. The van der Waals surface area contributed by atoms with Crippen LogP contribution in [0.1, 0.15) is 22.3 Å². The highest BCUT2D eigenvalue weighted by atomic mass is 14.9. The second-order valence-electron chi connectivity index (χ2n) is 15.9. The molecule has 0 unspecified atom stereocenters. The molecule has 2 heteroatoms. The molecule has 0 bridgehead atoms. The van der Waals surface area contributed by atoms with Crippen LogP contribution in [0.3, 0.4) is 0 Å². The zero-order valence-electron chi connectivity index (χ0n) is 32.0. The number of hydrogen-bond donors (Lipinski definition) is 0. The third kappa shape index (κ3) is 4.35. The van der Waals surface area contributed by atoms with Gasteiger partial charge in [-0.15, -0.1) is 0 Å². The molecule has 11 aromatic rings. The fraction of sp³-hybridized carbons (Fsp3) is 0.0175. The third-order valence-electron chi connectivity index (χ3n) is 13.1. The van der Waals surface area contributed by atoms with Crippen LogP contribution >= 0.6 is 0 Å². The first-order valence-electron chi connectivity index (χ1n) is 20.4. The Labute approximate surface area is 341 Å². The minimum atomic E-state index is -0.445. The highest BCUT2D eigenvalue weighted by Gasteiger charge is 2.52. The number of aromatic nitrogens is 2. The summed E-state index contributed by atoms with van der Waals surface area (Å²) in [5.74, 6) is 0.730. The standard InChI is InChI=1S/C57H34N2/c1-2-17-36-34-37(33-32-35(36)16-1)52-40-20-3-5-22-42(40)54(43-23-6-4-21-41(43)52)55-45-25-10-14-31-51(45)58-56(59-55)46-26-15-30-50-53(46)44-24-9-13-29-49(44)57(50)47-27-11-7-18-38(47)39-19-8-12-28-48(39)57/h1-34H. The van der Waals surface area contributed by atoms with Crippen LogP contribution in [0.15, 0.2) is 206 Å². The van der Waals surface area contributed by atoms with E-state index in [-0.39, 0.29) is 0 Å². The molecule has 2 nitrogen and oxygen atoms in total. The SMILES string of the molecule is c1ccc2c(c1)-c1ccccc1C21c2ccccc2-c2c(-c3nc(-c4c5ccccc5c(-c5ccc6ccccc6c5)c5ccccc45)c4ccccc4n3)cccc21. The summed E-state index contributed by atoms with van der Waals surface area (Å²) < 4.78 is 0. The summed E-state index contributed by atoms with van der Waals surface area (Å²) in [6.45, 7) is 0. The molecule has 13 rings (SSSR count). The zero-order chi connectivity index (χ0) is 38.7. The first-order chi connectivity index (χ1) is 29.3. The van der Waals surface area contributed by atoms with Crippen molar-refractivity contribution < 1.29 is 0 Å². The molecule has 10 aromatic carbocycles. The van der Waals surface area contributed by atoms with Crippen LogP contribution in [0.5, 0.6) is 0 Å². The number of hydrogen-bond acceptors (Lipinski definition) is 2. The van der Waals surface area contributed by atoms with E-state index in [1.165, 1.54) is 88.0 Å². The van der Waals surface area contributed by atoms with Gasteiger partial charge in [0.15, 0.2) is 5.82 Å². The van der Waals surface area contributed by atoms with E-state index < -0.39 is 5.41 Å². The monoisotopic (exact) mass is 746 g/mol. The molecule has 0 atom stereocenters. The molecule has 0 saturated carbocycles. The normalized spacial score (nSPS) is 13.2. The fourth-order valence-electron chi connectivity index (χ4n) is 10.8. The first kappa shape index (κ1) is 32.4. The maximum absolute atomic E-state index is 5.73. The molecule has 1 spiro atoms. The van der Waals surface area contributed by atoms with E-state index in [0.29, 0.717) is 0 Å². The van der Waals surface area contributed by atoms with Crippen LogP contribution in [0.25, 0.3) is 99.2 Å². The molecule has 0 aliphatic heterocycles. The lowest BCUT2D eigenvalue weighted by Crippen LogP contribution is -2.25. The summed E-state index contributed by atoms with van der Waals surface area (Å²) in [5.41, 5.74) is 16.3. The Morgan fingerprint density at radius 1 is 0.305 bits per heavy atom. The molecule has 0 fully saturated rings. The highest BCUT2D eigenvalue weighted by molar-refractivity contribution is 6.23. The van der Waals surface area contributed by atoms with Gasteiger partial charge in [0, 0.05) is 16.5 Å². The Morgan fingerprint density at radius 2 is 0.797 bits per heavy atom. The van der Waals surface area contributed by atoms with Crippen molar-refractivity contribution in [3.05, 3.63) is 229 Å². The van der Waals surface area contributed by atoms with Gasteiger partial charge in [-0.3, -0.25) is 0 Å². The number of benzene rings is 10. The Balaban J connectivity index is 1.11. The minimum absolute atomic E-state index is 0.445. The molecule has 2 aliphatic rings. The lowest BCUT2D eigenvalue weighted by atomic mass is 9.70. The van der Waals surface area contributed by atoms with E-state index in [1.54, 1.807) is 0 Å². The average molecular weight is 747 g/mol. The molecule has 59 heavy (non-hydrogen) atoms. The zero-order valence-corrected chi connectivity index (χ0v) is 32.0. The van der Waals surface area contributed by atoms with Crippen LogP contribution in [-0.4, -0.2) is 9.97 Å². The van der Waals surface area contributed by atoms with Crippen LogP contribution in [-0.2, 0) is 5.41 Å². The van der Waals surface area contributed by atoms with E-state index >= 15 is 0 Å². The Kier molecular flexibility index (Phi) is 6.68. The van der Waals surface area contributed by atoms with E-state index in [1.807, 2.05) is 0 Å². The largest absolute Gasteiger partial charge is 0.228 e. The van der Waals surface area contributed by atoms with Crippen molar-refractivity contribution in [2.45, 2.75) is 5.41 Å². The van der Waals surface area contributed by atoms with E-state index in [0.717, 1.165) is 33.5 Å². The number of rotatable bonds is 3. The van der Waals surface area contributed by atoms with Crippen molar-refractivity contribution in [2.75, 3.05) is 0 Å². The maximum Gasteiger partial charge on any atom is 0.161 e. The summed E-state index contributed by atoms with van der Waals surface area (Å²) in [6, 6.07) is 75.4. The predicted molar refractivity (Wildman–Crippen MR) is 245 cm³/mol. The van der Waals surface area contributed by atoms with Gasteiger partial charge in [-0.25, -0.2) is 9.97 Å². The van der Waals surface area contributed by atoms with Gasteiger partial charge in [0.05, 0.1) is 16.6 Å². The van der Waals surface area contributed by atoms with Gasteiger partial charge in [-0.1, -0.05) is 194 Å². The van der Waals surface area contributed by atoms with Crippen molar-refractivity contribution in [3.63, 3.8) is 0 Å². The minimum Gasteiger partial charge on any atom is -0.228 e. The first-order valence-corrected chi connectivity index (χ1v) is 20.4. The van der Waals surface area contributed by atoms with Crippen molar-refractivity contribution in [2.24, 2.45) is 0 Å². The summed E-state index contributed by atoms with van der Waals surface area (Å²) in [6.07, 6.45) is 0. The molecular weight excluding hydrogens is 713 g/mol. The molecule has 2 aliphatic carbocycles. The van der Waals surface area contributed by atoms with Crippen molar-refractivity contribution in [3.8, 4) is 56.0 Å². The van der Waals surface area contributed by atoms with Crippen molar-refractivity contribution >= 4 is 43.2 Å². The molecule has 0 radical (unpaired) electrons. The smallest absolute Gasteiger partial charge is 0.161 e. The molecule has 272 valence electrons. The highest BCUT2D eigenvalue weighted by Crippen LogP contribution is 2.64. The van der Waals surface area contributed by atoms with Gasteiger partial charge in [-0.05, 0) is 100 Å². The van der Waals surface area contributed by atoms with Crippen LogP contribution < -0.4 is 0 Å². The van der Waals surface area contributed by atoms with Gasteiger partial charge in [0.2, 0.25) is 0 Å². The number of para-hydroxylation sites is 1. The molecule has 0 amide bonds. The van der Waals surface area contributed by atoms with E-state index in [9.17, 15) is 0 Å². The topological polar surface area (TPSA) is 25.8 Å². The Morgan fingerprint density at radius 3 is 1.47 bits per heavy atom. The van der Waals surface area contributed by atoms with Crippen molar-refractivity contribution in [1.29, 1.82) is 0 Å². The lowest BCUT2D eigenvalue weighted by molar-refractivity contribution is 0.794. The maximum atomic E-state index is 5.73. The quantitative estimate of drug-likeness (QED) is 0.168. The molecule has 1 heterocycles. The summed E-state index contributed by atoms with van der Waals surface area (Å²) in [5, 5.41) is 8.26. The van der Waals surface area contributed by atoms with Gasteiger partial charge in [0.25, 0.3) is 0 Å². The molecule has 0 N–H and O–H groups in total. The Hall–Kier alpha value is -7.68. The van der Waals surface area contributed by atoms with Gasteiger partial charge < -0.3 is 0 Å². The summed E-state index contributed by atoms with van der Waals surface area (Å²) in [4.78, 5) is 11.2. The fourth-order valence-corrected chi connectivity index (χ4v) is 10.8. The van der Waals surface area contributed by atoms with E-state index in [2.05, 4.69) is 206 Å².